The summed E-state index contributed by atoms with van der Waals surface area (Å²) in [6.07, 6.45) is 4.63. The lowest BCUT2D eigenvalue weighted by molar-refractivity contribution is -0.126. The first-order valence-electron chi connectivity index (χ1n) is 9.34. The Morgan fingerprint density at radius 3 is 2.55 bits per heavy atom. The highest BCUT2D eigenvalue weighted by molar-refractivity contribution is 8.26. The number of allylic oxidation sites excluding steroid dienone is 2. The third-order valence-electron chi connectivity index (χ3n) is 4.40. The van der Waals surface area contributed by atoms with Crippen molar-refractivity contribution in [1.29, 1.82) is 0 Å². The third kappa shape index (κ3) is 5.43. The predicted molar refractivity (Wildman–Crippen MR) is 125 cm³/mol. The highest BCUT2D eigenvalue weighted by atomic mass is 32.2. The Morgan fingerprint density at radius 2 is 1.83 bits per heavy atom. The molecule has 148 valence electrons. The van der Waals surface area contributed by atoms with Gasteiger partial charge in [-0.25, -0.2) is 0 Å². The number of anilines is 1. The van der Waals surface area contributed by atoms with Gasteiger partial charge in [-0.05, 0) is 42.2 Å². The lowest BCUT2D eigenvalue weighted by Gasteiger charge is -2.15. The van der Waals surface area contributed by atoms with E-state index in [1.165, 1.54) is 16.7 Å². The molecular weight excluding hydrogens is 400 g/mol. The van der Waals surface area contributed by atoms with Crippen molar-refractivity contribution in [2.45, 2.75) is 20.3 Å². The van der Waals surface area contributed by atoms with Gasteiger partial charge in [-0.2, -0.15) is 0 Å². The third-order valence-corrected chi connectivity index (χ3v) is 5.78. The van der Waals surface area contributed by atoms with Gasteiger partial charge in [-0.15, -0.1) is 0 Å². The first kappa shape index (κ1) is 21.0. The fourth-order valence-electron chi connectivity index (χ4n) is 2.98. The second-order valence-electron chi connectivity index (χ2n) is 6.63. The smallest absolute Gasteiger partial charge is 0.266 e. The number of amides is 2. The second kappa shape index (κ2) is 9.67. The molecule has 1 fully saturated rings. The Kier molecular flexibility index (Phi) is 7.01. The number of benzene rings is 2. The van der Waals surface area contributed by atoms with Gasteiger partial charge in [-0.3, -0.25) is 14.5 Å². The van der Waals surface area contributed by atoms with Crippen LogP contribution in [0.4, 0.5) is 5.69 Å². The molecule has 1 aliphatic rings. The molecule has 0 aliphatic carbocycles. The van der Waals surface area contributed by atoms with E-state index in [0.29, 0.717) is 9.23 Å². The molecule has 0 spiro atoms. The number of nitrogens with zero attached hydrogens (tertiary/aromatic N) is 1. The van der Waals surface area contributed by atoms with Crippen molar-refractivity contribution < 1.29 is 9.59 Å². The van der Waals surface area contributed by atoms with Gasteiger partial charge >= 0.3 is 0 Å². The highest BCUT2D eigenvalue weighted by Gasteiger charge is 2.33. The molecule has 0 atom stereocenters. The fourth-order valence-corrected chi connectivity index (χ4v) is 4.29. The standard InChI is InChI=1S/C23H22N2O2S2/c1-3-18-11-7-8-12-19(18)24-21(26)15-25-22(27)20(29-23(25)28)14-16(2)13-17-9-5-4-6-10-17/h4-14H,3,15H2,1-2H3,(H,24,26). The van der Waals surface area contributed by atoms with Crippen LogP contribution < -0.4 is 5.32 Å². The summed E-state index contributed by atoms with van der Waals surface area (Å²) in [5.41, 5.74) is 3.82. The molecule has 2 amide bonds. The molecule has 1 saturated heterocycles. The van der Waals surface area contributed by atoms with Gasteiger partial charge in [-0.1, -0.05) is 85.5 Å². The van der Waals surface area contributed by atoms with Gasteiger partial charge in [0.1, 0.15) is 10.9 Å². The van der Waals surface area contributed by atoms with Crippen molar-refractivity contribution in [3.63, 3.8) is 0 Å². The van der Waals surface area contributed by atoms with Crippen LogP contribution >= 0.6 is 24.0 Å². The number of rotatable bonds is 6. The van der Waals surface area contributed by atoms with Crippen LogP contribution in [0.5, 0.6) is 0 Å². The van der Waals surface area contributed by atoms with Gasteiger partial charge in [0.25, 0.3) is 5.91 Å². The van der Waals surface area contributed by atoms with E-state index in [9.17, 15) is 9.59 Å². The number of para-hydroxylation sites is 1. The Balaban J connectivity index is 1.68. The molecule has 0 radical (unpaired) electrons. The van der Waals surface area contributed by atoms with Gasteiger partial charge in [0.15, 0.2) is 0 Å². The lowest BCUT2D eigenvalue weighted by atomic mass is 10.1. The average molecular weight is 423 g/mol. The van der Waals surface area contributed by atoms with Crippen molar-refractivity contribution in [2.75, 3.05) is 11.9 Å². The van der Waals surface area contributed by atoms with E-state index < -0.39 is 0 Å². The minimum atomic E-state index is -0.264. The summed E-state index contributed by atoms with van der Waals surface area (Å²) in [7, 11) is 0. The number of aryl methyl sites for hydroxylation is 1. The summed E-state index contributed by atoms with van der Waals surface area (Å²) in [4.78, 5) is 27.1. The quantitative estimate of drug-likeness (QED) is 0.524. The summed E-state index contributed by atoms with van der Waals surface area (Å²) in [5, 5.41) is 2.89. The fraction of sp³-hybridized carbons (Fsp3) is 0.174. The number of hydrogen-bond acceptors (Lipinski definition) is 4. The summed E-state index contributed by atoms with van der Waals surface area (Å²) in [5.74, 6) is -0.500. The van der Waals surface area contributed by atoms with Crippen molar-refractivity contribution in [2.24, 2.45) is 0 Å². The van der Waals surface area contributed by atoms with E-state index in [-0.39, 0.29) is 18.4 Å². The maximum atomic E-state index is 12.8. The number of nitrogens with one attached hydrogen (secondary N) is 1. The molecule has 0 bridgehead atoms. The number of thiocarbonyl (C=S) groups is 1. The Labute approximate surface area is 180 Å². The lowest BCUT2D eigenvalue weighted by Crippen LogP contribution is -2.36. The van der Waals surface area contributed by atoms with Crippen LogP contribution in [0.3, 0.4) is 0 Å². The molecule has 1 heterocycles. The normalized spacial score (nSPS) is 15.9. The maximum Gasteiger partial charge on any atom is 0.266 e. The van der Waals surface area contributed by atoms with Crippen LogP contribution in [-0.4, -0.2) is 27.6 Å². The summed E-state index contributed by atoms with van der Waals surface area (Å²) in [6, 6.07) is 17.5. The highest BCUT2D eigenvalue weighted by Crippen LogP contribution is 2.32. The van der Waals surface area contributed by atoms with E-state index >= 15 is 0 Å². The van der Waals surface area contributed by atoms with Gasteiger partial charge in [0.2, 0.25) is 5.91 Å². The zero-order chi connectivity index (χ0) is 20.8. The first-order chi connectivity index (χ1) is 14.0. The minimum absolute atomic E-state index is 0.0957. The van der Waals surface area contributed by atoms with Crippen LogP contribution in [-0.2, 0) is 16.0 Å². The second-order valence-corrected chi connectivity index (χ2v) is 8.30. The minimum Gasteiger partial charge on any atom is -0.324 e. The molecule has 2 aromatic carbocycles. The summed E-state index contributed by atoms with van der Waals surface area (Å²) in [6.45, 7) is 3.87. The van der Waals surface area contributed by atoms with Crippen LogP contribution in [0.2, 0.25) is 0 Å². The van der Waals surface area contributed by atoms with Crippen molar-refractivity contribution >= 4 is 51.9 Å². The van der Waals surface area contributed by atoms with Crippen molar-refractivity contribution in [3.05, 3.63) is 82.3 Å². The average Bonchev–Trinajstić information content (AvgIpc) is 2.96. The van der Waals surface area contributed by atoms with E-state index in [4.69, 9.17) is 12.2 Å². The first-order valence-corrected chi connectivity index (χ1v) is 10.6. The maximum absolute atomic E-state index is 12.8. The number of hydrogen-bond donors (Lipinski definition) is 1. The molecule has 29 heavy (non-hydrogen) atoms. The van der Waals surface area contributed by atoms with Gasteiger partial charge in [0, 0.05) is 5.69 Å². The Bertz CT molecular complexity index is 997. The van der Waals surface area contributed by atoms with E-state index in [1.54, 1.807) is 0 Å². The molecular formula is C23H22N2O2S2. The topological polar surface area (TPSA) is 49.4 Å². The van der Waals surface area contributed by atoms with E-state index in [1.807, 2.05) is 80.6 Å². The Hall–Kier alpha value is -2.70. The largest absolute Gasteiger partial charge is 0.324 e. The van der Waals surface area contributed by atoms with E-state index in [0.717, 1.165) is 28.8 Å². The van der Waals surface area contributed by atoms with Crippen molar-refractivity contribution in [1.82, 2.24) is 4.90 Å². The van der Waals surface area contributed by atoms with Crippen molar-refractivity contribution in [3.8, 4) is 0 Å². The molecule has 4 nitrogen and oxygen atoms in total. The molecule has 0 unspecified atom stereocenters. The molecule has 2 aromatic rings. The van der Waals surface area contributed by atoms with Gasteiger partial charge in [0.05, 0.1) is 4.91 Å². The molecule has 1 aliphatic heterocycles. The SMILES string of the molecule is CCc1ccccc1NC(=O)CN1C(=O)C(=CC(C)=Cc2ccccc2)SC1=S. The Morgan fingerprint density at radius 1 is 1.14 bits per heavy atom. The van der Waals surface area contributed by atoms with Gasteiger partial charge < -0.3 is 5.32 Å². The zero-order valence-electron chi connectivity index (χ0n) is 16.3. The number of thioether (sulfide) groups is 1. The molecule has 6 heteroatoms. The summed E-state index contributed by atoms with van der Waals surface area (Å²) >= 11 is 6.56. The van der Waals surface area contributed by atoms with Crippen LogP contribution in [0.15, 0.2) is 71.2 Å². The number of carbonyl (C=O) groups excluding carboxylic acids is 2. The predicted octanol–water partition coefficient (Wildman–Crippen LogP) is 5.04. The molecule has 1 N–H and O–H groups in total. The molecule has 3 rings (SSSR count). The van der Waals surface area contributed by atoms with E-state index in [2.05, 4.69) is 5.32 Å². The van der Waals surface area contributed by atoms with Crippen LogP contribution in [0, 0.1) is 0 Å². The molecule has 0 saturated carbocycles. The zero-order valence-corrected chi connectivity index (χ0v) is 18.0. The summed E-state index contributed by atoms with van der Waals surface area (Å²) < 4.78 is 0.396. The van der Waals surface area contributed by atoms with Crippen LogP contribution in [0.1, 0.15) is 25.0 Å². The van der Waals surface area contributed by atoms with Crippen LogP contribution in [0.25, 0.3) is 6.08 Å². The number of carbonyl (C=O) groups is 2. The monoisotopic (exact) mass is 422 g/mol. The molecule has 0 aromatic heterocycles.